The summed E-state index contributed by atoms with van der Waals surface area (Å²) >= 11 is 1.97. The quantitative estimate of drug-likeness (QED) is 0.163. The third-order valence-electron chi connectivity index (χ3n) is 14.0. The zero-order chi connectivity index (χ0) is 42.1. The van der Waals surface area contributed by atoms with Crippen molar-refractivity contribution in [1.29, 1.82) is 0 Å². The van der Waals surface area contributed by atoms with Crippen LogP contribution in [0.5, 0.6) is 0 Å². The second-order valence-corrected chi connectivity index (χ2v) is 18.9. The lowest BCUT2D eigenvalue weighted by Gasteiger charge is -2.51. The Bertz CT molecular complexity index is 3340. The molecule has 0 amide bonds. The van der Waals surface area contributed by atoms with E-state index in [0.717, 1.165) is 0 Å². The third kappa shape index (κ3) is 5.24. The molecule has 0 bridgehead atoms. The highest BCUT2D eigenvalue weighted by Gasteiger charge is 2.52. The second kappa shape index (κ2) is 13.8. The molecule has 2 nitrogen and oxygen atoms in total. The number of anilines is 6. The van der Waals surface area contributed by atoms with Crippen molar-refractivity contribution in [1.82, 2.24) is 0 Å². The van der Waals surface area contributed by atoms with Crippen molar-refractivity contribution < 1.29 is 0 Å². The Kier molecular flexibility index (Phi) is 8.03. The summed E-state index contributed by atoms with van der Waals surface area (Å²) in [4.78, 5) is 8.00. The SMILES string of the molecule is Cc1ccc2c(c1)B1c3ccccc3Sc3c1c1c4c(c3-c3c(-c5ccccc5)cccc3-c3ccccc3)N(c3ccccc3C)c3ccc(C)cc3B4c3cc(C)ccc3N21. The molecule has 9 aromatic carbocycles. The van der Waals surface area contributed by atoms with Crippen LogP contribution in [0.3, 0.4) is 0 Å². The first-order valence-electron chi connectivity index (χ1n) is 22.2. The Morgan fingerprint density at radius 1 is 0.381 bits per heavy atom. The van der Waals surface area contributed by atoms with Gasteiger partial charge in [-0.3, -0.25) is 0 Å². The van der Waals surface area contributed by atoms with Gasteiger partial charge in [0.25, 0.3) is 6.71 Å². The van der Waals surface area contributed by atoms with E-state index in [1.54, 1.807) is 0 Å². The molecule has 4 aliphatic rings. The van der Waals surface area contributed by atoms with E-state index in [1.165, 1.54) is 132 Å². The van der Waals surface area contributed by atoms with Crippen molar-refractivity contribution in [3.8, 4) is 33.4 Å². The zero-order valence-corrected chi connectivity index (χ0v) is 36.6. The van der Waals surface area contributed by atoms with Crippen molar-refractivity contribution in [3.05, 3.63) is 204 Å². The lowest BCUT2D eigenvalue weighted by atomic mass is 9.29. The first kappa shape index (κ1) is 36.7. The van der Waals surface area contributed by atoms with E-state index in [-0.39, 0.29) is 13.4 Å². The summed E-state index contributed by atoms with van der Waals surface area (Å²) in [5.74, 6) is 0. The van der Waals surface area contributed by atoms with Gasteiger partial charge in [0.05, 0.1) is 5.69 Å². The van der Waals surface area contributed by atoms with Crippen LogP contribution in [-0.4, -0.2) is 13.4 Å². The standard InChI is InChI=1S/C58H42B2N2S/c1-35-27-30-49-44(32-35)59-43-23-12-14-25-51(43)63-58-53(52-41(39-17-7-5-8-18-39)21-15-22-42(52)40-19-9-6-10-20-40)56-54-57(55(58)59)62(49)50-31-28-37(3)34-46(50)60(54)45-33-36(2)26-29-48(45)61(56)47-24-13-11-16-38(47)4/h5-34H,1-4H3. The molecule has 4 heterocycles. The van der Waals surface area contributed by atoms with Gasteiger partial charge in [-0.15, -0.1) is 0 Å². The van der Waals surface area contributed by atoms with Crippen molar-refractivity contribution >= 4 is 92.1 Å². The topological polar surface area (TPSA) is 6.48 Å². The molecule has 0 N–H and O–H groups in total. The van der Waals surface area contributed by atoms with Gasteiger partial charge in [-0.25, -0.2) is 0 Å². The van der Waals surface area contributed by atoms with Gasteiger partial charge >= 0.3 is 0 Å². The van der Waals surface area contributed by atoms with Crippen LogP contribution in [0.2, 0.25) is 0 Å². The van der Waals surface area contributed by atoms with Crippen molar-refractivity contribution in [2.24, 2.45) is 0 Å². The molecular weight excluding hydrogens is 778 g/mol. The summed E-state index contributed by atoms with van der Waals surface area (Å²) in [6.45, 7) is 9.09. The Hall–Kier alpha value is -6.94. The molecule has 13 rings (SSSR count). The van der Waals surface area contributed by atoms with Gasteiger partial charge in [0.15, 0.2) is 0 Å². The van der Waals surface area contributed by atoms with Crippen LogP contribution in [0.15, 0.2) is 192 Å². The van der Waals surface area contributed by atoms with E-state index >= 15 is 0 Å². The summed E-state index contributed by atoms with van der Waals surface area (Å²) in [6.07, 6.45) is 0. The van der Waals surface area contributed by atoms with Crippen LogP contribution in [0.1, 0.15) is 22.3 Å². The molecule has 0 saturated heterocycles. The Labute approximate surface area is 375 Å². The van der Waals surface area contributed by atoms with E-state index in [0.29, 0.717) is 0 Å². The van der Waals surface area contributed by atoms with Crippen LogP contribution in [0.4, 0.5) is 34.1 Å². The lowest BCUT2D eigenvalue weighted by Crippen LogP contribution is -2.68. The van der Waals surface area contributed by atoms with Gasteiger partial charge < -0.3 is 9.80 Å². The minimum atomic E-state index is -0.000695. The van der Waals surface area contributed by atoms with Crippen LogP contribution in [-0.2, 0) is 0 Å². The van der Waals surface area contributed by atoms with Gasteiger partial charge in [-0.1, -0.05) is 186 Å². The minimum Gasteiger partial charge on any atom is -0.312 e. The predicted molar refractivity (Wildman–Crippen MR) is 271 cm³/mol. The molecule has 0 aliphatic carbocycles. The zero-order valence-electron chi connectivity index (χ0n) is 35.8. The summed E-state index contributed by atoms with van der Waals surface area (Å²) in [5.41, 5.74) is 28.4. The lowest BCUT2D eigenvalue weighted by molar-refractivity contribution is 1.21. The molecule has 0 fully saturated rings. The molecule has 0 saturated carbocycles. The predicted octanol–water partition coefficient (Wildman–Crippen LogP) is 11.3. The third-order valence-corrected chi connectivity index (χ3v) is 15.2. The maximum Gasteiger partial charge on any atom is 0.252 e. The highest BCUT2D eigenvalue weighted by Crippen LogP contribution is 2.56. The molecule has 0 atom stereocenters. The van der Waals surface area contributed by atoms with Crippen molar-refractivity contribution in [3.63, 3.8) is 0 Å². The summed E-state index contributed by atoms with van der Waals surface area (Å²) < 4.78 is 0. The largest absolute Gasteiger partial charge is 0.312 e. The van der Waals surface area contributed by atoms with Gasteiger partial charge in [-0.05, 0) is 113 Å². The van der Waals surface area contributed by atoms with Gasteiger partial charge in [0.2, 0.25) is 6.71 Å². The molecule has 296 valence electrons. The average Bonchev–Trinajstić information content (AvgIpc) is 3.31. The van der Waals surface area contributed by atoms with Gasteiger partial charge in [0, 0.05) is 49.4 Å². The first-order chi connectivity index (χ1) is 30.9. The smallest absolute Gasteiger partial charge is 0.252 e. The maximum absolute atomic E-state index is 2.67. The summed E-state index contributed by atoms with van der Waals surface area (Å²) in [6, 6.07) is 69.0. The summed E-state index contributed by atoms with van der Waals surface area (Å²) in [7, 11) is 0. The normalized spacial score (nSPS) is 13.5. The molecule has 4 aliphatic heterocycles. The minimum absolute atomic E-state index is 0.000695. The Morgan fingerprint density at radius 3 is 1.44 bits per heavy atom. The van der Waals surface area contributed by atoms with E-state index in [1.807, 2.05) is 11.8 Å². The Balaban J connectivity index is 1.31. The highest BCUT2D eigenvalue weighted by molar-refractivity contribution is 8.00. The molecule has 9 aromatic rings. The number of rotatable bonds is 4. The van der Waals surface area contributed by atoms with Gasteiger partial charge in [-0.2, -0.15) is 0 Å². The average molecular weight is 821 g/mol. The second-order valence-electron chi connectivity index (χ2n) is 17.8. The molecule has 0 spiro atoms. The number of fused-ring (bicyclic) bond motifs is 10. The van der Waals surface area contributed by atoms with E-state index in [4.69, 9.17) is 0 Å². The summed E-state index contributed by atoms with van der Waals surface area (Å²) in [5, 5.41) is 0. The molecule has 0 unspecified atom stereocenters. The van der Waals surface area contributed by atoms with Crippen LogP contribution in [0, 0.1) is 27.7 Å². The number of aryl methyl sites for hydroxylation is 4. The van der Waals surface area contributed by atoms with Crippen LogP contribution in [0.25, 0.3) is 33.4 Å². The fraction of sp³-hybridized carbons (Fsp3) is 0.0690. The molecule has 5 heteroatoms. The van der Waals surface area contributed by atoms with E-state index in [9.17, 15) is 0 Å². The monoisotopic (exact) mass is 820 g/mol. The Morgan fingerprint density at radius 2 is 0.873 bits per heavy atom. The fourth-order valence-electron chi connectivity index (χ4n) is 11.4. The fourth-order valence-corrected chi connectivity index (χ4v) is 12.7. The van der Waals surface area contributed by atoms with Crippen LogP contribution < -0.4 is 42.6 Å². The number of para-hydroxylation sites is 1. The van der Waals surface area contributed by atoms with E-state index < -0.39 is 0 Å². The molecule has 0 aromatic heterocycles. The number of nitrogens with zero attached hydrogens (tertiary/aromatic N) is 2. The molecule has 0 radical (unpaired) electrons. The number of benzene rings is 9. The number of hydrogen-bond donors (Lipinski definition) is 0. The first-order valence-corrected chi connectivity index (χ1v) is 23.0. The highest BCUT2D eigenvalue weighted by atomic mass is 32.2. The van der Waals surface area contributed by atoms with Crippen molar-refractivity contribution in [2.45, 2.75) is 37.5 Å². The van der Waals surface area contributed by atoms with Gasteiger partial charge in [0.1, 0.15) is 0 Å². The van der Waals surface area contributed by atoms with Crippen LogP contribution >= 0.6 is 11.8 Å². The van der Waals surface area contributed by atoms with Crippen molar-refractivity contribution in [2.75, 3.05) is 9.80 Å². The molecule has 63 heavy (non-hydrogen) atoms. The number of hydrogen-bond acceptors (Lipinski definition) is 3. The van der Waals surface area contributed by atoms with E-state index in [2.05, 4.69) is 219 Å². The molecular formula is C58H42B2N2S. The maximum atomic E-state index is 2.67.